The minimum absolute atomic E-state index is 0. The molecule has 0 amide bonds. The van der Waals surface area contributed by atoms with Gasteiger partial charge in [-0.05, 0) is 0 Å². The molecule has 0 aliphatic rings. The van der Waals surface area contributed by atoms with Crippen molar-refractivity contribution in [2.45, 2.75) is 18.4 Å². The van der Waals surface area contributed by atoms with Gasteiger partial charge >= 0.3 is 77.0 Å². The first kappa shape index (κ1) is 20.7. The number of hydrogen-bond donors (Lipinski definition) is 4. The zero-order valence-electron chi connectivity index (χ0n) is 8.43. The number of rotatable bonds is 5. The molecule has 0 aromatic rings. The summed E-state index contributed by atoms with van der Waals surface area (Å²) in [6, 6.07) is 0. The van der Waals surface area contributed by atoms with Gasteiger partial charge in [0.15, 0.2) is 5.60 Å². The zero-order valence-corrected chi connectivity index (χ0v) is 12.4. The Bertz CT molecular complexity index is 236. The van der Waals surface area contributed by atoms with E-state index in [0.717, 1.165) is 0 Å². The molecule has 0 aromatic carbocycles. The fraction of sp³-hybridized carbons (Fsp3) is 0.500. The van der Waals surface area contributed by atoms with Gasteiger partial charge < -0.3 is 20.4 Å². The molecule has 9 heteroatoms. The van der Waals surface area contributed by atoms with Crippen LogP contribution in [0.5, 0.6) is 0 Å². The first-order chi connectivity index (χ1) is 5.78. The van der Waals surface area contributed by atoms with Gasteiger partial charge in [0.05, 0.1) is 12.8 Å². The molecule has 0 fully saturated rings. The summed E-state index contributed by atoms with van der Waals surface area (Å²) >= 11 is 0. The van der Waals surface area contributed by atoms with E-state index in [4.69, 9.17) is 20.4 Å². The quantitative estimate of drug-likeness (QED) is 0.350. The number of aliphatic carboxylic acids is 3. The molecule has 74 valence electrons. The van der Waals surface area contributed by atoms with Crippen LogP contribution in [0.3, 0.4) is 0 Å². The Labute approximate surface area is 129 Å². The van der Waals surface area contributed by atoms with E-state index >= 15 is 0 Å². The maximum atomic E-state index is 10.3. The Morgan fingerprint density at radius 1 is 0.867 bits per heavy atom. The molecule has 0 saturated carbocycles. The Morgan fingerprint density at radius 3 is 1.27 bits per heavy atom. The van der Waals surface area contributed by atoms with E-state index in [1.165, 1.54) is 0 Å². The second kappa shape index (κ2) is 8.51. The molecule has 0 bridgehead atoms. The van der Waals surface area contributed by atoms with Gasteiger partial charge in [-0.2, -0.15) is 0 Å². The average molecular weight is 238 g/mol. The van der Waals surface area contributed by atoms with E-state index in [9.17, 15) is 14.4 Å². The molecular formula is C6H8Na2O7+2. The minimum atomic E-state index is -2.74. The Morgan fingerprint density at radius 2 is 1.13 bits per heavy atom. The molecule has 0 radical (unpaired) electrons. The third-order valence-electron chi connectivity index (χ3n) is 1.29. The van der Waals surface area contributed by atoms with Gasteiger partial charge in [0.1, 0.15) is 0 Å². The standard InChI is InChI=1S/C6H8O7.2Na/c7-3(8)1-6(13,5(11)12)2-4(9)10;;/h13H,1-2H2,(H,7,8)(H,9,10)(H,11,12);;/q;2*+1. The SMILES string of the molecule is O=C(O)CC(O)(CC(=O)O)C(=O)O.[Na+].[Na+]. The van der Waals surface area contributed by atoms with Crippen molar-refractivity contribution in [3.63, 3.8) is 0 Å². The normalized spacial score (nSPS) is 9.40. The molecular weight excluding hydrogens is 230 g/mol. The van der Waals surface area contributed by atoms with Gasteiger partial charge in [0, 0.05) is 0 Å². The smallest absolute Gasteiger partial charge is 0.481 e. The fourth-order valence-corrected chi connectivity index (χ4v) is 0.714. The minimum Gasteiger partial charge on any atom is -0.481 e. The molecule has 0 aromatic heterocycles. The molecule has 4 N–H and O–H groups in total. The van der Waals surface area contributed by atoms with Crippen LogP contribution in [0, 0.1) is 0 Å². The van der Waals surface area contributed by atoms with E-state index in [2.05, 4.69) is 0 Å². The topological polar surface area (TPSA) is 132 Å². The van der Waals surface area contributed by atoms with Gasteiger partial charge in [-0.25, -0.2) is 4.79 Å². The van der Waals surface area contributed by atoms with Crippen LogP contribution < -0.4 is 59.1 Å². The van der Waals surface area contributed by atoms with E-state index < -0.39 is 36.4 Å². The van der Waals surface area contributed by atoms with Crippen molar-refractivity contribution in [2.24, 2.45) is 0 Å². The van der Waals surface area contributed by atoms with Crippen LogP contribution in [0.15, 0.2) is 0 Å². The second-order valence-corrected chi connectivity index (χ2v) is 2.48. The summed E-state index contributed by atoms with van der Waals surface area (Å²) in [5.74, 6) is -5.02. The first-order valence-corrected chi connectivity index (χ1v) is 3.17. The Kier molecular flexibility index (Phi) is 11.8. The molecule has 0 heterocycles. The third kappa shape index (κ3) is 8.21. The molecule has 0 spiro atoms. The summed E-state index contributed by atoms with van der Waals surface area (Å²) in [6.07, 6.45) is -2.29. The Hall–Kier alpha value is 0.370. The van der Waals surface area contributed by atoms with Crippen LogP contribution in [0.1, 0.15) is 12.8 Å². The van der Waals surface area contributed by atoms with Crippen LogP contribution >= 0.6 is 0 Å². The van der Waals surface area contributed by atoms with Crippen LogP contribution in [0.2, 0.25) is 0 Å². The largest absolute Gasteiger partial charge is 1.00 e. The number of aliphatic hydroxyl groups is 1. The van der Waals surface area contributed by atoms with Gasteiger partial charge in [0.25, 0.3) is 0 Å². The molecule has 15 heavy (non-hydrogen) atoms. The van der Waals surface area contributed by atoms with Crippen LogP contribution in [0.4, 0.5) is 0 Å². The maximum absolute atomic E-state index is 10.3. The van der Waals surface area contributed by atoms with Crippen molar-refractivity contribution in [2.75, 3.05) is 0 Å². The fourth-order valence-electron chi connectivity index (χ4n) is 0.714. The van der Waals surface area contributed by atoms with Gasteiger partial charge in [-0.15, -0.1) is 0 Å². The zero-order chi connectivity index (χ0) is 10.6. The van der Waals surface area contributed by atoms with E-state index in [1.54, 1.807) is 0 Å². The summed E-state index contributed by atoms with van der Waals surface area (Å²) < 4.78 is 0. The molecule has 0 rings (SSSR count). The predicted molar refractivity (Wildman–Crippen MR) is 37.1 cm³/mol. The molecule has 0 saturated heterocycles. The van der Waals surface area contributed by atoms with E-state index in [-0.39, 0.29) is 59.1 Å². The van der Waals surface area contributed by atoms with Gasteiger partial charge in [-0.1, -0.05) is 0 Å². The van der Waals surface area contributed by atoms with E-state index in [1.807, 2.05) is 0 Å². The number of carboxylic acids is 3. The van der Waals surface area contributed by atoms with E-state index in [0.29, 0.717) is 0 Å². The van der Waals surface area contributed by atoms with Crippen molar-refractivity contribution in [1.82, 2.24) is 0 Å². The first-order valence-electron chi connectivity index (χ1n) is 3.17. The van der Waals surface area contributed by atoms with Crippen molar-refractivity contribution >= 4 is 17.9 Å². The third-order valence-corrected chi connectivity index (χ3v) is 1.29. The number of carbonyl (C=O) groups is 3. The summed E-state index contributed by atoms with van der Waals surface area (Å²) in [7, 11) is 0. The molecule has 0 atom stereocenters. The van der Waals surface area contributed by atoms with Crippen molar-refractivity contribution in [3.05, 3.63) is 0 Å². The van der Waals surface area contributed by atoms with Crippen LogP contribution in [-0.2, 0) is 14.4 Å². The monoisotopic (exact) mass is 238 g/mol. The molecule has 0 unspecified atom stereocenters. The van der Waals surface area contributed by atoms with Crippen molar-refractivity contribution in [1.29, 1.82) is 0 Å². The molecule has 7 nitrogen and oxygen atoms in total. The van der Waals surface area contributed by atoms with Crippen LogP contribution in [0.25, 0.3) is 0 Å². The second-order valence-electron chi connectivity index (χ2n) is 2.48. The van der Waals surface area contributed by atoms with Crippen LogP contribution in [-0.4, -0.2) is 43.9 Å². The summed E-state index contributed by atoms with van der Waals surface area (Å²) in [5, 5.41) is 33.8. The number of carboxylic acid groups (broad SMARTS) is 3. The van der Waals surface area contributed by atoms with Crippen molar-refractivity contribution in [3.8, 4) is 0 Å². The summed E-state index contributed by atoms with van der Waals surface area (Å²) in [4.78, 5) is 30.5. The van der Waals surface area contributed by atoms with Gasteiger partial charge in [-0.3, -0.25) is 9.59 Å². The Balaban J connectivity index is -0.000000720. The molecule has 0 aliphatic heterocycles. The summed E-state index contributed by atoms with van der Waals surface area (Å²) in [6.45, 7) is 0. The maximum Gasteiger partial charge on any atom is 1.00 e. The average Bonchev–Trinajstić information content (AvgIpc) is 1.82. The molecule has 0 aliphatic carbocycles. The van der Waals surface area contributed by atoms with Gasteiger partial charge in [0.2, 0.25) is 0 Å². The number of hydrogen-bond acceptors (Lipinski definition) is 4. The summed E-state index contributed by atoms with van der Waals surface area (Å²) in [5.41, 5.74) is -2.74. The predicted octanol–water partition coefficient (Wildman–Crippen LogP) is -7.24. The van der Waals surface area contributed by atoms with Crippen molar-refractivity contribution < 1.29 is 93.9 Å².